The minimum atomic E-state index is -0.252. The van der Waals surface area contributed by atoms with Crippen LogP contribution in [0, 0.1) is 11.3 Å². The zero-order valence-corrected chi connectivity index (χ0v) is 30.1. The number of nitrogens with zero attached hydrogens (tertiary/aromatic N) is 5. The minimum absolute atomic E-state index is 0.252. The molecule has 0 unspecified atom stereocenters. The molecule has 0 aliphatic heterocycles. The molecule has 0 amide bonds. The predicted molar refractivity (Wildman–Crippen MR) is 220 cm³/mol. The first-order valence-corrected chi connectivity index (χ1v) is 18.4. The van der Waals surface area contributed by atoms with Gasteiger partial charge in [-0.25, -0.2) is 15.0 Å². The lowest BCUT2D eigenvalue weighted by molar-refractivity contribution is 0.659. The third-order valence-corrected chi connectivity index (χ3v) is 11.3. The van der Waals surface area contributed by atoms with Gasteiger partial charge in [-0.1, -0.05) is 105 Å². The average Bonchev–Trinajstić information content (AvgIpc) is 3.87. The molecule has 6 nitrogen and oxygen atoms in total. The van der Waals surface area contributed by atoms with E-state index in [1.807, 2.05) is 42.5 Å². The third kappa shape index (κ3) is 4.50. The van der Waals surface area contributed by atoms with Crippen LogP contribution in [0.2, 0.25) is 0 Å². The SMILES string of the molecule is CC1(C)c2ccccc2-c2c1c1c3ccccc3oc1c1c3ccccc3n(-c3ccc(-c4nc(-c5ccccc5)nc(-c5ccc(C#N)cc5)n4)cc3)c21. The molecule has 0 atom stereocenters. The fourth-order valence-electron chi connectivity index (χ4n) is 8.76. The van der Waals surface area contributed by atoms with Crippen LogP contribution < -0.4 is 0 Å². The van der Waals surface area contributed by atoms with Gasteiger partial charge >= 0.3 is 0 Å². The average molecular weight is 706 g/mol. The van der Waals surface area contributed by atoms with Gasteiger partial charge in [-0.2, -0.15) is 5.26 Å². The molecule has 3 aromatic heterocycles. The van der Waals surface area contributed by atoms with Gasteiger partial charge in [0.2, 0.25) is 0 Å². The molecule has 258 valence electrons. The molecule has 6 heteroatoms. The minimum Gasteiger partial charge on any atom is -0.455 e. The Hall–Kier alpha value is -7.36. The number of rotatable bonds is 4. The molecular formula is C49H31N5O. The second-order valence-corrected chi connectivity index (χ2v) is 14.7. The molecule has 0 bridgehead atoms. The van der Waals surface area contributed by atoms with E-state index in [1.54, 1.807) is 12.1 Å². The van der Waals surface area contributed by atoms with Gasteiger partial charge < -0.3 is 8.98 Å². The van der Waals surface area contributed by atoms with Gasteiger partial charge in [0.1, 0.15) is 11.2 Å². The summed E-state index contributed by atoms with van der Waals surface area (Å²) in [6, 6.07) is 54.0. The van der Waals surface area contributed by atoms with E-state index >= 15 is 0 Å². The zero-order chi connectivity index (χ0) is 36.8. The smallest absolute Gasteiger partial charge is 0.164 e. The first-order chi connectivity index (χ1) is 27.0. The highest BCUT2D eigenvalue weighted by Crippen LogP contribution is 2.57. The van der Waals surface area contributed by atoms with Crippen molar-refractivity contribution < 1.29 is 4.42 Å². The summed E-state index contributed by atoms with van der Waals surface area (Å²) in [6.45, 7) is 4.69. The van der Waals surface area contributed by atoms with Crippen LogP contribution in [0.4, 0.5) is 0 Å². The molecule has 7 aromatic carbocycles. The van der Waals surface area contributed by atoms with E-state index in [0.29, 0.717) is 23.0 Å². The Morgan fingerprint density at radius 3 is 1.87 bits per heavy atom. The second kappa shape index (κ2) is 11.6. The Bertz CT molecular complexity index is 3220. The van der Waals surface area contributed by atoms with Crippen molar-refractivity contribution in [2.45, 2.75) is 19.3 Å². The zero-order valence-electron chi connectivity index (χ0n) is 30.1. The quantitative estimate of drug-likeness (QED) is 0.182. The molecule has 55 heavy (non-hydrogen) atoms. The lowest BCUT2D eigenvalue weighted by Gasteiger charge is -2.22. The van der Waals surface area contributed by atoms with Gasteiger partial charge in [0.05, 0.1) is 28.1 Å². The van der Waals surface area contributed by atoms with Gasteiger partial charge in [0.15, 0.2) is 17.5 Å². The first-order valence-electron chi connectivity index (χ1n) is 18.4. The molecule has 0 saturated heterocycles. The van der Waals surface area contributed by atoms with E-state index in [-0.39, 0.29) is 5.41 Å². The Balaban J connectivity index is 1.16. The number of benzene rings is 7. The second-order valence-electron chi connectivity index (χ2n) is 14.7. The number of hydrogen-bond acceptors (Lipinski definition) is 5. The summed E-state index contributed by atoms with van der Waals surface area (Å²) in [5, 5.41) is 14.0. The maximum atomic E-state index is 9.38. The molecule has 11 rings (SSSR count). The summed E-state index contributed by atoms with van der Waals surface area (Å²) in [5.41, 5.74) is 13.2. The number of aromatic nitrogens is 4. The predicted octanol–water partition coefficient (Wildman–Crippen LogP) is 12.0. The summed E-state index contributed by atoms with van der Waals surface area (Å²) >= 11 is 0. The molecule has 1 aliphatic rings. The van der Waals surface area contributed by atoms with Crippen molar-refractivity contribution in [1.82, 2.24) is 19.5 Å². The maximum Gasteiger partial charge on any atom is 0.164 e. The Morgan fingerprint density at radius 1 is 0.582 bits per heavy atom. The summed E-state index contributed by atoms with van der Waals surface area (Å²) in [6.07, 6.45) is 0. The molecule has 0 spiro atoms. The van der Waals surface area contributed by atoms with Crippen LogP contribution in [0.3, 0.4) is 0 Å². The van der Waals surface area contributed by atoms with Crippen LogP contribution >= 0.6 is 0 Å². The van der Waals surface area contributed by atoms with Gasteiger partial charge in [0.25, 0.3) is 0 Å². The van der Waals surface area contributed by atoms with Crippen LogP contribution in [0.15, 0.2) is 156 Å². The highest BCUT2D eigenvalue weighted by atomic mass is 16.3. The number of hydrogen-bond donors (Lipinski definition) is 0. The van der Waals surface area contributed by atoms with Crippen molar-refractivity contribution in [1.29, 1.82) is 5.26 Å². The Kier molecular flexibility index (Phi) is 6.56. The number of para-hydroxylation sites is 2. The number of furan rings is 1. The van der Waals surface area contributed by atoms with Crippen molar-refractivity contribution in [3.8, 4) is 57.0 Å². The largest absolute Gasteiger partial charge is 0.455 e. The topological polar surface area (TPSA) is 80.5 Å². The van der Waals surface area contributed by atoms with Crippen LogP contribution in [0.1, 0.15) is 30.5 Å². The molecule has 1 aliphatic carbocycles. The number of fused-ring (bicyclic) bond motifs is 12. The van der Waals surface area contributed by atoms with Gasteiger partial charge in [0, 0.05) is 49.5 Å². The fraction of sp³-hybridized carbons (Fsp3) is 0.0612. The van der Waals surface area contributed by atoms with Crippen molar-refractivity contribution in [2.24, 2.45) is 0 Å². The summed E-state index contributed by atoms with van der Waals surface area (Å²) < 4.78 is 9.28. The monoisotopic (exact) mass is 705 g/mol. The standard InChI is InChI=1S/C49H31N5O/c1-49(2)37-17-9-6-14-34(37)40-43(49)41-36-16-8-11-19-39(36)55-45(41)42-35-15-7-10-18-38(35)54(44(40)42)33-26-24-32(25-27-33)48-52-46(30-12-4-3-5-13-30)51-47(53-48)31-22-20-29(28-50)21-23-31/h3-27H,1-2H3. The van der Waals surface area contributed by atoms with Crippen molar-refractivity contribution >= 4 is 43.7 Å². The summed E-state index contributed by atoms with van der Waals surface area (Å²) in [7, 11) is 0. The molecule has 0 N–H and O–H groups in total. The molecular weight excluding hydrogens is 675 g/mol. The van der Waals surface area contributed by atoms with Crippen LogP contribution in [-0.2, 0) is 5.41 Å². The Labute approximate surface area is 316 Å². The van der Waals surface area contributed by atoms with Crippen LogP contribution in [0.5, 0.6) is 0 Å². The lowest BCUT2D eigenvalue weighted by Crippen LogP contribution is -2.15. The molecule has 10 aromatic rings. The first kappa shape index (κ1) is 31.2. The van der Waals surface area contributed by atoms with Crippen molar-refractivity contribution in [3.05, 3.63) is 168 Å². The highest BCUT2D eigenvalue weighted by molar-refractivity contribution is 6.29. The fourth-order valence-corrected chi connectivity index (χ4v) is 8.76. The van der Waals surface area contributed by atoms with Crippen molar-refractivity contribution in [2.75, 3.05) is 0 Å². The van der Waals surface area contributed by atoms with Gasteiger partial charge in [-0.15, -0.1) is 0 Å². The number of nitriles is 1. The molecule has 0 fully saturated rings. The maximum absolute atomic E-state index is 9.38. The van der Waals surface area contributed by atoms with Gasteiger partial charge in [-0.3, -0.25) is 0 Å². The highest BCUT2D eigenvalue weighted by Gasteiger charge is 2.41. The van der Waals surface area contributed by atoms with E-state index in [0.717, 1.165) is 60.7 Å². The van der Waals surface area contributed by atoms with Crippen LogP contribution in [0.25, 0.3) is 94.7 Å². The van der Waals surface area contributed by atoms with Crippen LogP contribution in [-0.4, -0.2) is 19.5 Å². The molecule has 0 saturated carbocycles. The normalized spacial score (nSPS) is 13.0. The van der Waals surface area contributed by atoms with E-state index in [2.05, 4.69) is 122 Å². The van der Waals surface area contributed by atoms with E-state index in [9.17, 15) is 5.26 Å². The van der Waals surface area contributed by atoms with E-state index in [1.165, 1.54) is 27.6 Å². The summed E-state index contributed by atoms with van der Waals surface area (Å²) in [4.78, 5) is 14.8. The molecule has 0 radical (unpaired) electrons. The summed E-state index contributed by atoms with van der Waals surface area (Å²) in [5.74, 6) is 1.71. The van der Waals surface area contributed by atoms with Crippen molar-refractivity contribution in [3.63, 3.8) is 0 Å². The Morgan fingerprint density at radius 2 is 1.16 bits per heavy atom. The van der Waals surface area contributed by atoms with E-state index in [4.69, 9.17) is 19.4 Å². The third-order valence-electron chi connectivity index (χ3n) is 11.3. The lowest BCUT2D eigenvalue weighted by atomic mass is 9.80. The molecule has 3 heterocycles. The van der Waals surface area contributed by atoms with Gasteiger partial charge in [-0.05, 0) is 77.4 Å². The van der Waals surface area contributed by atoms with E-state index < -0.39 is 0 Å².